The van der Waals surface area contributed by atoms with Gasteiger partial charge in [-0.05, 0) is 39.0 Å². The fourth-order valence-corrected chi connectivity index (χ4v) is 1.59. The van der Waals surface area contributed by atoms with E-state index in [1.807, 2.05) is 0 Å². The summed E-state index contributed by atoms with van der Waals surface area (Å²) in [5.74, 6) is 0. The third-order valence-electron chi connectivity index (χ3n) is 2.83. The first-order valence-corrected chi connectivity index (χ1v) is 5.64. The first-order valence-electron chi connectivity index (χ1n) is 5.64. The van der Waals surface area contributed by atoms with E-state index in [4.69, 9.17) is 5.73 Å². The van der Waals surface area contributed by atoms with E-state index in [1.54, 1.807) is 0 Å². The zero-order valence-corrected chi connectivity index (χ0v) is 10.0. The monoisotopic (exact) mass is 206 g/mol. The Morgan fingerprint density at radius 2 is 2.13 bits per heavy atom. The van der Waals surface area contributed by atoms with Gasteiger partial charge in [0.15, 0.2) is 0 Å². The average molecular weight is 206 g/mol. The minimum atomic E-state index is 0.166. The zero-order chi connectivity index (χ0) is 11.3. The largest absolute Gasteiger partial charge is 0.324 e. The van der Waals surface area contributed by atoms with E-state index in [0.29, 0.717) is 0 Å². The summed E-state index contributed by atoms with van der Waals surface area (Å²) in [5.41, 5.74) is 8.67. The molecule has 0 spiro atoms. The molecule has 2 heteroatoms. The van der Waals surface area contributed by atoms with E-state index in [-0.39, 0.29) is 6.04 Å². The molecule has 84 valence electrons. The summed E-state index contributed by atoms with van der Waals surface area (Å²) in [5, 5.41) is 0. The lowest BCUT2D eigenvalue weighted by Gasteiger charge is -2.18. The highest BCUT2D eigenvalue weighted by atomic mass is 15.1. The number of nitrogens with two attached hydrogens (primary N) is 1. The number of nitrogens with zero attached hydrogens (tertiary/aromatic N) is 1. The number of benzene rings is 1. The van der Waals surface area contributed by atoms with Gasteiger partial charge in [0.25, 0.3) is 0 Å². The molecular weight excluding hydrogens is 184 g/mol. The van der Waals surface area contributed by atoms with Crippen LogP contribution in [0.3, 0.4) is 0 Å². The van der Waals surface area contributed by atoms with Crippen LogP contribution in [0.2, 0.25) is 0 Å². The molecule has 0 saturated heterocycles. The Morgan fingerprint density at radius 3 is 2.73 bits per heavy atom. The van der Waals surface area contributed by atoms with E-state index in [2.05, 4.69) is 50.1 Å². The lowest BCUT2D eigenvalue weighted by Crippen LogP contribution is -2.23. The summed E-state index contributed by atoms with van der Waals surface area (Å²) < 4.78 is 0. The molecule has 1 aromatic carbocycles. The van der Waals surface area contributed by atoms with Gasteiger partial charge in [0.2, 0.25) is 0 Å². The maximum atomic E-state index is 6.14. The van der Waals surface area contributed by atoms with Gasteiger partial charge in [-0.3, -0.25) is 0 Å². The molecule has 1 atom stereocenters. The molecule has 2 N–H and O–H groups in total. The van der Waals surface area contributed by atoms with Gasteiger partial charge in [-0.2, -0.15) is 0 Å². The predicted octanol–water partition coefficient (Wildman–Crippen LogP) is 2.34. The molecule has 1 aromatic rings. The van der Waals surface area contributed by atoms with Crippen LogP contribution in [0, 0.1) is 6.92 Å². The number of hydrogen-bond donors (Lipinski definition) is 1. The topological polar surface area (TPSA) is 29.3 Å². The number of hydrogen-bond acceptors (Lipinski definition) is 2. The van der Waals surface area contributed by atoms with E-state index < -0.39 is 0 Å². The van der Waals surface area contributed by atoms with Crippen molar-refractivity contribution in [3.8, 4) is 0 Å². The van der Waals surface area contributed by atoms with Crippen molar-refractivity contribution >= 4 is 0 Å². The Morgan fingerprint density at radius 1 is 1.40 bits per heavy atom. The fourth-order valence-electron chi connectivity index (χ4n) is 1.59. The van der Waals surface area contributed by atoms with E-state index in [9.17, 15) is 0 Å². The van der Waals surface area contributed by atoms with Crippen LogP contribution in [0.5, 0.6) is 0 Å². The molecule has 0 aromatic heterocycles. The molecule has 0 saturated carbocycles. The summed E-state index contributed by atoms with van der Waals surface area (Å²) in [6, 6.07) is 8.64. The summed E-state index contributed by atoms with van der Waals surface area (Å²) in [7, 11) is 2.13. The first kappa shape index (κ1) is 12.2. The number of aryl methyl sites for hydroxylation is 1. The van der Waals surface area contributed by atoms with E-state index in [1.165, 1.54) is 11.1 Å². The molecular formula is C13H22N2. The first-order chi connectivity index (χ1) is 7.13. The van der Waals surface area contributed by atoms with Crippen LogP contribution in [-0.4, -0.2) is 25.0 Å². The van der Waals surface area contributed by atoms with Gasteiger partial charge in [0, 0.05) is 6.04 Å². The molecule has 0 aliphatic heterocycles. The fraction of sp³-hybridized carbons (Fsp3) is 0.538. The minimum absolute atomic E-state index is 0.166. The Bertz CT molecular complexity index is 296. The highest BCUT2D eigenvalue weighted by Crippen LogP contribution is 2.15. The van der Waals surface area contributed by atoms with E-state index in [0.717, 1.165) is 19.5 Å². The summed E-state index contributed by atoms with van der Waals surface area (Å²) in [4.78, 5) is 2.29. The van der Waals surface area contributed by atoms with Crippen LogP contribution >= 0.6 is 0 Å². The van der Waals surface area contributed by atoms with Crippen molar-refractivity contribution in [3.05, 3.63) is 35.4 Å². The molecule has 1 unspecified atom stereocenters. The second-order valence-corrected chi connectivity index (χ2v) is 4.21. The second kappa shape index (κ2) is 5.89. The molecule has 0 heterocycles. The molecule has 2 nitrogen and oxygen atoms in total. The summed E-state index contributed by atoms with van der Waals surface area (Å²) >= 11 is 0. The van der Waals surface area contributed by atoms with Crippen LogP contribution in [0.4, 0.5) is 0 Å². The van der Waals surface area contributed by atoms with Crippen LogP contribution in [0.15, 0.2) is 24.3 Å². The van der Waals surface area contributed by atoms with Crippen molar-refractivity contribution in [1.29, 1.82) is 0 Å². The van der Waals surface area contributed by atoms with Crippen LogP contribution in [0.25, 0.3) is 0 Å². The van der Waals surface area contributed by atoms with Crippen molar-refractivity contribution in [3.63, 3.8) is 0 Å². The Labute approximate surface area is 93.1 Å². The Kier molecular flexibility index (Phi) is 4.79. The highest BCUT2D eigenvalue weighted by Gasteiger charge is 2.06. The molecule has 0 fully saturated rings. The van der Waals surface area contributed by atoms with Crippen molar-refractivity contribution in [2.75, 3.05) is 20.1 Å². The van der Waals surface area contributed by atoms with Crippen molar-refractivity contribution in [2.24, 2.45) is 5.73 Å². The van der Waals surface area contributed by atoms with Gasteiger partial charge in [0.05, 0.1) is 0 Å². The Balaban J connectivity index is 2.50. The van der Waals surface area contributed by atoms with Crippen LogP contribution in [0.1, 0.15) is 30.5 Å². The molecule has 0 bridgehead atoms. The SMILES string of the molecule is CCN(C)CCC(N)c1cccc(C)c1. The maximum absolute atomic E-state index is 6.14. The van der Waals surface area contributed by atoms with Crippen LogP contribution < -0.4 is 5.73 Å². The molecule has 0 amide bonds. The van der Waals surface area contributed by atoms with Gasteiger partial charge in [0.1, 0.15) is 0 Å². The maximum Gasteiger partial charge on any atom is 0.0307 e. The standard InChI is InChI=1S/C13H22N2/c1-4-15(3)9-8-13(14)12-7-5-6-11(2)10-12/h5-7,10,13H,4,8-9,14H2,1-3H3. The van der Waals surface area contributed by atoms with Crippen molar-refractivity contribution in [2.45, 2.75) is 26.3 Å². The second-order valence-electron chi connectivity index (χ2n) is 4.21. The average Bonchev–Trinajstić information content (AvgIpc) is 2.25. The molecule has 1 rings (SSSR count). The Hall–Kier alpha value is -0.860. The lowest BCUT2D eigenvalue weighted by molar-refractivity contribution is 0.335. The molecule has 15 heavy (non-hydrogen) atoms. The third kappa shape index (κ3) is 4.02. The van der Waals surface area contributed by atoms with Crippen LogP contribution in [-0.2, 0) is 0 Å². The van der Waals surface area contributed by atoms with Gasteiger partial charge < -0.3 is 10.6 Å². The van der Waals surface area contributed by atoms with Crippen molar-refractivity contribution in [1.82, 2.24) is 4.90 Å². The highest BCUT2D eigenvalue weighted by molar-refractivity contribution is 5.24. The van der Waals surface area contributed by atoms with Gasteiger partial charge in [-0.25, -0.2) is 0 Å². The van der Waals surface area contributed by atoms with Crippen molar-refractivity contribution < 1.29 is 0 Å². The number of rotatable bonds is 5. The molecule has 0 aliphatic rings. The lowest BCUT2D eigenvalue weighted by atomic mass is 10.0. The predicted molar refractivity (Wildman–Crippen MR) is 65.9 cm³/mol. The van der Waals surface area contributed by atoms with E-state index >= 15 is 0 Å². The third-order valence-corrected chi connectivity index (χ3v) is 2.83. The quantitative estimate of drug-likeness (QED) is 0.801. The molecule has 0 aliphatic carbocycles. The molecule has 0 radical (unpaired) electrons. The van der Waals surface area contributed by atoms with Gasteiger partial charge in [-0.15, -0.1) is 0 Å². The zero-order valence-electron chi connectivity index (χ0n) is 10.0. The van der Waals surface area contributed by atoms with Gasteiger partial charge in [-0.1, -0.05) is 36.8 Å². The summed E-state index contributed by atoms with van der Waals surface area (Å²) in [6.45, 7) is 6.42. The smallest absolute Gasteiger partial charge is 0.0307 e. The minimum Gasteiger partial charge on any atom is -0.324 e. The summed E-state index contributed by atoms with van der Waals surface area (Å²) in [6.07, 6.45) is 1.02. The van der Waals surface area contributed by atoms with Gasteiger partial charge >= 0.3 is 0 Å². The normalized spacial score (nSPS) is 13.1.